The van der Waals surface area contributed by atoms with Crippen LogP contribution in [0.15, 0.2) is 18.2 Å². The van der Waals surface area contributed by atoms with Crippen molar-refractivity contribution in [2.45, 2.75) is 37.3 Å². The van der Waals surface area contributed by atoms with Gasteiger partial charge in [0.05, 0.1) is 6.54 Å². The Morgan fingerprint density at radius 2 is 1.96 bits per heavy atom. The van der Waals surface area contributed by atoms with Crippen molar-refractivity contribution < 1.29 is 28.2 Å². The van der Waals surface area contributed by atoms with Gasteiger partial charge < -0.3 is 19.5 Å². The molecule has 1 saturated heterocycles. The van der Waals surface area contributed by atoms with Gasteiger partial charge in [-0.3, -0.25) is 9.69 Å². The van der Waals surface area contributed by atoms with E-state index in [1.54, 1.807) is 4.90 Å². The standard InChI is InChI=1S/C20H28F2N2O4/c1-27-11-19(25)24-9-8-23(15-4-2-3-5-15)12-20(26,13-24)14-28-16-6-7-17(21)18(22)10-16/h6-7,10,15,26H,2-5,8-9,11-14H2,1H3/t20-/m0/s1. The highest BCUT2D eigenvalue weighted by Gasteiger charge is 2.39. The molecule has 1 aromatic carbocycles. The Hall–Kier alpha value is -1.77. The third-order valence-corrected chi connectivity index (χ3v) is 5.50. The number of carbonyl (C=O) groups is 1. The van der Waals surface area contributed by atoms with Gasteiger partial charge in [0.15, 0.2) is 11.6 Å². The molecular weight excluding hydrogens is 370 g/mol. The van der Waals surface area contributed by atoms with E-state index in [0.717, 1.165) is 37.8 Å². The number of benzene rings is 1. The minimum Gasteiger partial charge on any atom is -0.490 e. The topological polar surface area (TPSA) is 62.2 Å². The molecule has 2 fully saturated rings. The molecule has 1 aromatic rings. The number of ether oxygens (including phenoxy) is 2. The van der Waals surface area contributed by atoms with Crippen LogP contribution in [-0.2, 0) is 9.53 Å². The number of β-amino-alcohol motifs (C(OH)–C–C–N with tert-alkyl or cyclic N) is 1. The minimum atomic E-state index is -1.33. The summed E-state index contributed by atoms with van der Waals surface area (Å²) in [6.07, 6.45) is 4.48. The van der Waals surface area contributed by atoms with E-state index in [1.165, 1.54) is 13.2 Å². The largest absolute Gasteiger partial charge is 0.490 e. The van der Waals surface area contributed by atoms with Gasteiger partial charge in [-0.25, -0.2) is 8.78 Å². The molecule has 1 aliphatic heterocycles. The van der Waals surface area contributed by atoms with Gasteiger partial charge in [0.25, 0.3) is 0 Å². The third kappa shape index (κ3) is 5.18. The minimum absolute atomic E-state index is 0.0520. The first-order valence-corrected chi connectivity index (χ1v) is 9.71. The van der Waals surface area contributed by atoms with E-state index in [2.05, 4.69) is 4.90 Å². The summed E-state index contributed by atoms with van der Waals surface area (Å²) in [5.41, 5.74) is -1.33. The Morgan fingerprint density at radius 3 is 2.64 bits per heavy atom. The molecule has 1 aliphatic carbocycles. The second kappa shape index (κ2) is 9.15. The zero-order valence-electron chi connectivity index (χ0n) is 16.2. The van der Waals surface area contributed by atoms with Gasteiger partial charge in [-0.05, 0) is 25.0 Å². The van der Waals surface area contributed by atoms with Gasteiger partial charge in [-0.15, -0.1) is 0 Å². The molecule has 6 nitrogen and oxygen atoms in total. The lowest BCUT2D eigenvalue weighted by Crippen LogP contribution is -2.53. The average molecular weight is 398 g/mol. The number of hydrogen-bond acceptors (Lipinski definition) is 5. The number of methoxy groups -OCH3 is 1. The number of aliphatic hydroxyl groups is 1. The van der Waals surface area contributed by atoms with Crippen molar-refractivity contribution in [2.75, 3.05) is 46.5 Å². The van der Waals surface area contributed by atoms with Gasteiger partial charge in [0.2, 0.25) is 5.91 Å². The summed E-state index contributed by atoms with van der Waals surface area (Å²) in [6.45, 7) is 1.46. The summed E-state index contributed by atoms with van der Waals surface area (Å²) in [6, 6.07) is 3.65. The number of carbonyl (C=O) groups excluding carboxylic acids is 1. The molecule has 1 amide bonds. The molecule has 1 heterocycles. The van der Waals surface area contributed by atoms with E-state index in [9.17, 15) is 18.7 Å². The van der Waals surface area contributed by atoms with Gasteiger partial charge in [0.1, 0.15) is 24.6 Å². The van der Waals surface area contributed by atoms with Crippen LogP contribution in [0.5, 0.6) is 5.75 Å². The first kappa shape index (κ1) is 21.0. The molecule has 3 rings (SSSR count). The molecule has 1 N–H and O–H groups in total. The van der Waals surface area contributed by atoms with E-state index in [-0.39, 0.29) is 31.4 Å². The zero-order chi connectivity index (χ0) is 20.1. The van der Waals surface area contributed by atoms with Crippen LogP contribution < -0.4 is 4.74 Å². The van der Waals surface area contributed by atoms with Gasteiger partial charge in [0, 0.05) is 38.9 Å². The van der Waals surface area contributed by atoms with Crippen LogP contribution in [0.25, 0.3) is 0 Å². The summed E-state index contributed by atoms with van der Waals surface area (Å²) in [5.74, 6) is -2.01. The van der Waals surface area contributed by atoms with Crippen LogP contribution in [0, 0.1) is 11.6 Å². The van der Waals surface area contributed by atoms with Crippen molar-refractivity contribution in [3.8, 4) is 5.75 Å². The van der Waals surface area contributed by atoms with E-state index in [0.29, 0.717) is 25.7 Å². The molecule has 156 valence electrons. The smallest absolute Gasteiger partial charge is 0.248 e. The molecular formula is C20H28F2N2O4. The van der Waals surface area contributed by atoms with Gasteiger partial charge >= 0.3 is 0 Å². The molecule has 0 unspecified atom stereocenters. The summed E-state index contributed by atoms with van der Waals surface area (Å²) in [4.78, 5) is 16.2. The van der Waals surface area contributed by atoms with E-state index in [4.69, 9.17) is 9.47 Å². The fraction of sp³-hybridized carbons (Fsp3) is 0.650. The maximum Gasteiger partial charge on any atom is 0.248 e. The Labute approximate surface area is 164 Å². The fourth-order valence-electron chi connectivity index (χ4n) is 4.07. The first-order valence-electron chi connectivity index (χ1n) is 9.71. The Kier molecular flexibility index (Phi) is 6.85. The first-order chi connectivity index (χ1) is 13.4. The van der Waals surface area contributed by atoms with Crippen molar-refractivity contribution in [3.05, 3.63) is 29.8 Å². The maximum atomic E-state index is 13.4. The molecule has 1 atom stereocenters. The van der Waals surface area contributed by atoms with Crippen LogP contribution in [0.3, 0.4) is 0 Å². The van der Waals surface area contributed by atoms with Gasteiger partial charge in [-0.2, -0.15) is 0 Å². The van der Waals surface area contributed by atoms with Crippen LogP contribution in [0.1, 0.15) is 25.7 Å². The third-order valence-electron chi connectivity index (χ3n) is 5.50. The fourth-order valence-corrected chi connectivity index (χ4v) is 4.07. The Morgan fingerprint density at radius 1 is 1.21 bits per heavy atom. The predicted molar refractivity (Wildman–Crippen MR) is 99.1 cm³/mol. The Bertz CT molecular complexity index is 684. The van der Waals surface area contributed by atoms with E-state index in [1.807, 2.05) is 0 Å². The monoisotopic (exact) mass is 398 g/mol. The quantitative estimate of drug-likeness (QED) is 0.792. The molecule has 0 radical (unpaired) electrons. The van der Waals surface area contributed by atoms with Crippen LogP contribution in [0.2, 0.25) is 0 Å². The zero-order valence-corrected chi connectivity index (χ0v) is 16.2. The number of halogens is 2. The highest BCUT2D eigenvalue weighted by molar-refractivity contribution is 5.77. The van der Waals surface area contributed by atoms with Crippen molar-refractivity contribution >= 4 is 5.91 Å². The molecule has 0 spiro atoms. The van der Waals surface area contributed by atoms with E-state index < -0.39 is 17.2 Å². The summed E-state index contributed by atoms with van der Waals surface area (Å²) in [7, 11) is 1.46. The summed E-state index contributed by atoms with van der Waals surface area (Å²) in [5, 5.41) is 11.3. The van der Waals surface area contributed by atoms with Crippen molar-refractivity contribution in [1.82, 2.24) is 9.80 Å². The molecule has 28 heavy (non-hydrogen) atoms. The van der Waals surface area contributed by atoms with Crippen LogP contribution >= 0.6 is 0 Å². The molecule has 2 aliphatic rings. The molecule has 0 bridgehead atoms. The number of amides is 1. The average Bonchev–Trinajstić information content (AvgIpc) is 3.14. The number of nitrogens with zero attached hydrogens (tertiary/aromatic N) is 2. The van der Waals surface area contributed by atoms with Crippen molar-refractivity contribution in [3.63, 3.8) is 0 Å². The molecule has 8 heteroatoms. The van der Waals surface area contributed by atoms with Gasteiger partial charge in [-0.1, -0.05) is 12.8 Å². The lowest BCUT2D eigenvalue weighted by atomic mass is 10.0. The highest BCUT2D eigenvalue weighted by Crippen LogP contribution is 2.27. The second-order valence-corrected chi connectivity index (χ2v) is 7.75. The van der Waals surface area contributed by atoms with Crippen molar-refractivity contribution in [2.24, 2.45) is 0 Å². The summed E-state index contributed by atoms with van der Waals surface area (Å²) >= 11 is 0. The molecule has 0 aromatic heterocycles. The normalized spacial score (nSPS) is 24.4. The number of hydrogen-bond donors (Lipinski definition) is 1. The van der Waals surface area contributed by atoms with E-state index >= 15 is 0 Å². The summed E-state index contributed by atoms with van der Waals surface area (Å²) < 4.78 is 37.1. The lowest BCUT2D eigenvalue weighted by molar-refractivity contribution is -0.138. The van der Waals surface area contributed by atoms with Crippen LogP contribution in [-0.4, -0.2) is 79.0 Å². The maximum absolute atomic E-state index is 13.4. The second-order valence-electron chi connectivity index (χ2n) is 7.75. The molecule has 1 saturated carbocycles. The lowest BCUT2D eigenvalue weighted by Gasteiger charge is -2.35. The number of rotatable bonds is 6. The highest BCUT2D eigenvalue weighted by atomic mass is 19.2. The Balaban J connectivity index is 1.73. The SMILES string of the molecule is COCC(=O)N1CCN(C2CCCC2)C[C@@](O)(COc2ccc(F)c(F)c2)C1. The van der Waals surface area contributed by atoms with Crippen molar-refractivity contribution in [1.29, 1.82) is 0 Å². The van der Waals surface area contributed by atoms with Crippen LogP contribution in [0.4, 0.5) is 8.78 Å². The predicted octanol–water partition coefficient (Wildman–Crippen LogP) is 1.81.